The van der Waals surface area contributed by atoms with Crippen LogP contribution in [0.5, 0.6) is 0 Å². The van der Waals surface area contributed by atoms with Crippen LogP contribution in [0, 0.1) is 11.6 Å². The first-order valence-corrected chi connectivity index (χ1v) is 4.56. The van der Waals surface area contributed by atoms with E-state index >= 15 is 0 Å². The van der Waals surface area contributed by atoms with Gasteiger partial charge in [-0.25, -0.2) is 18.7 Å². The number of aromatic nitrogens is 2. The molecule has 0 aliphatic carbocycles. The minimum absolute atomic E-state index is 0.443. The van der Waals surface area contributed by atoms with Gasteiger partial charge in [-0.2, -0.15) is 13.2 Å². The average molecular weight is 269 g/mol. The molecule has 0 bridgehead atoms. The molecule has 1 aromatic carbocycles. The number of rotatable bonds is 0. The summed E-state index contributed by atoms with van der Waals surface area (Å²) in [7, 11) is 0. The maximum absolute atomic E-state index is 13.3. The zero-order chi connectivity index (χ0) is 12.8. The van der Waals surface area contributed by atoms with Crippen LogP contribution in [-0.4, -0.2) is 9.97 Å². The average Bonchev–Trinajstić information content (AvgIpc) is 2.13. The summed E-state index contributed by atoms with van der Waals surface area (Å²) in [6.07, 6.45) is -4.83. The molecule has 2 nitrogen and oxygen atoms in total. The largest absolute Gasteiger partial charge is 0.451 e. The number of alkyl halides is 3. The molecule has 0 N–H and O–H groups in total. The van der Waals surface area contributed by atoms with E-state index in [0.29, 0.717) is 12.1 Å². The third-order valence-electron chi connectivity index (χ3n) is 1.92. The second kappa shape index (κ2) is 3.76. The summed E-state index contributed by atoms with van der Waals surface area (Å²) in [5, 5.41) is -1.15. The van der Waals surface area contributed by atoms with Crippen molar-refractivity contribution in [2.45, 2.75) is 6.18 Å². The predicted molar refractivity (Wildman–Crippen MR) is 49.5 cm³/mol. The molecule has 0 amide bonds. The first-order valence-electron chi connectivity index (χ1n) is 4.18. The van der Waals surface area contributed by atoms with Gasteiger partial charge in [0.05, 0.1) is 10.9 Å². The van der Waals surface area contributed by atoms with Crippen molar-refractivity contribution in [3.8, 4) is 0 Å². The SMILES string of the molecule is Fc1cc(F)c2c(Cl)nc(C(F)(F)F)nc2c1. The molecule has 0 spiro atoms. The quantitative estimate of drug-likeness (QED) is 0.539. The highest BCUT2D eigenvalue weighted by molar-refractivity contribution is 6.34. The molecule has 1 heterocycles. The van der Waals surface area contributed by atoms with Crippen LogP contribution >= 0.6 is 11.6 Å². The molecule has 8 heteroatoms. The van der Waals surface area contributed by atoms with E-state index in [1.807, 2.05) is 0 Å². The second-order valence-electron chi connectivity index (χ2n) is 3.12. The van der Waals surface area contributed by atoms with Gasteiger partial charge in [-0.3, -0.25) is 0 Å². The van der Waals surface area contributed by atoms with Crippen LogP contribution in [0.1, 0.15) is 5.82 Å². The fourth-order valence-corrected chi connectivity index (χ4v) is 1.53. The number of halogens is 6. The fourth-order valence-electron chi connectivity index (χ4n) is 1.27. The normalized spacial score (nSPS) is 12.1. The third kappa shape index (κ3) is 2.14. The lowest BCUT2D eigenvalue weighted by Crippen LogP contribution is -2.11. The first kappa shape index (κ1) is 12.0. The van der Waals surface area contributed by atoms with Crippen LogP contribution in [0.15, 0.2) is 12.1 Å². The van der Waals surface area contributed by atoms with Crippen LogP contribution in [-0.2, 0) is 6.18 Å². The summed E-state index contributed by atoms with van der Waals surface area (Å²) >= 11 is 5.41. The van der Waals surface area contributed by atoms with Crippen LogP contribution in [0.25, 0.3) is 10.9 Å². The summed E-state index contributed by atoms with van der Waals surface area (Å²) in [5.41, 5.74) is -0.533. The Morgan fingerprint density at radius 3 is 2.29 bits per heavy atom. The van der Waals surface area contributed by atoms with Crippen LogP contribution in [0.2, 0.25) is 5.15 Å². The number of fused-ring (bicyclic) bond motifs is 1. The van der Waals surface area contributed by atoms with Crippen molar-refractivity contribution in [2.24, 2.45) is 0 Å². The molecule has 0 radical (unpaired) electrons. The van der Waals surface area contributed by atoms with Crippen molar-refractivity contribution in [3.05, 3.63) is 34.7 Å². The minimum atomic E-state index is -4.83. The van der Waals surface area contributed by atoms with E-state index in [1.54, 1.807) is 0 Å². The van der Waals surface area contributed by atoms with Crippen molar-refractivity contribution < 1.29 is 22.0 Å². The van der Waals surface area contributed by atoms with Crippen molar-refractivity contribution in [2.75, 3.05) is 0 Å². The lowest BCUT2D eigenvalue weighted by molar-refractivity contribution is -0.144. The fraction of sp³-hybridized carbons (Fsp3) is 0.111. The summed E-state index contributed by atoms with van der Waals surface area (Å²) in [6.45, 7) is 0. The van der Waals surface area contributed by atoms with E-state index in [2.05, 4.69) is 9.97 Å². The Morgan fingerprint density at radius 2 is 1.71 bits per heavy atom. The summed E-state index contributed by atoms with van der Waals surface area (Å²) in [5.74, 6) is -3.70. The number of benzene rings is 1. The maximum Gasteiger partial charge on any atom is 0.451 e. The molecule has 17 heavy (non-hydrogen) atoms. The Kier molecular flexibility index (Phi) is 2.65. The lowest BCUT2D eigenvalue weighted by Gasteiger charge is -2.07. The van der Waals surface area contributed by atoms with Gasteiger partial charge in [0.25, 0.3) is 0 Å². The van der Waals surface area contributed by atoms with Crippen molar-refractivity contribution in [1.29, 1.82) is 0 Å². The highest BCUT2D eigenvalue weighted by atomic mass is 35.5. The highest BCUT2D eigenvalue weighted by Crippen LogP contribution is 2.31. The highest BCUT2D eigenvalue weighted by Gasteiger charge is 2.35. The Morgan fingerprint density at radius 1 is 1.06 bits per heavy atom. The smallest absolute Gasteiger partial charge is 0.224 e. The Bertz CT molecular complexity index is 596. The topological polar surface area (TPSA) is 25.8 Å². The van der Waals surface area contributed by atoms with E-state index < -0.39 is 39.7 Å². The Labute approximate surface area is 96.0 Å². The molecule has 2 aromatic rings. The molecule has 0 saturated carbocycles. The van der Waals surface area contributed by atoms with Gasteiger partial charge in [0.2, 0.25) is 5.82 Å². The van der Waals surface area contributed by atoms with Crippen LogP contribution in [0.4, 0.5) is 22.0 Å². The van der Waals surface area contributed by atoms with Gasteiger partial charge in [0.1, 0.15) is 16.8 Å². The van der Waals surface area contributed by atoms with Gasteiger partial charge < -0.3 is 0 Å². The van der Waals surface area contributed by atoms with E-state index in [4.69, 9.17) is 11.6 Å². The third-order valence-corrected chi connectivity index (χ3v) is 2.20. The minimum Gasteiger partial charge on any atom is -0.224 e. The van der Waals surface area contributed by atoms with E-state index in [1.165, 1.54) is 0 Å². The van der Waals surface area contributed by atoms with Crippen molar-refractivity contribution >= 4 is 22.5 Å². The molecule has 0 atom stereocenters. The number of nitrogens with zero attached hydrogens (tertiary/aromatic N) is 2. The molecule has 0 aliphatic heterocycles. The summed E-state index contributed by atoms with van der Waals surface area (Å²) in [6, 6.07) is 1.14. The molecule has 0 unspecified atom stereocenters. The van der Waals surface area contributed by atoms with Crippen molar-refractivity contribution in [3.63, 3.8) is 0 Å². The molecule has 2 rings (SSSR count). The van der Waals surface area contributed by atoms with Gasteiger partial charge in [-0.15, -0.1) is 0 Å². The maximum atomic E-state index is 13.3. The van der Waals surface area contributed by atoms with Gasteiger partial charge >= 0.3 is 6.18 Å². The first-order chi connectivity index (χ1) is 7.79. The molecule has 0 saturated heterocycles. The monoisotopic (exact) mass is 268 g/mol. The van der Waals surface area contributed by atoms with E-state index in [0.717, 1.165) is 0 Å². The molecule has 1 aromatic heterocycles. The van der Waals surface area contributed by atoms with Crippen molar-refractivity contribution in [1.82, 2.24) is 9.97 Å². The van der Waals surface area contributed by atoms with Crippen LogP contribution in [0.3, 0.4) is 0 Å². The Balaban J connectivity index is 2.82. The molecular weight excluding hydrogens is 267 g/mol. The van der Waals surface area contributed by atoms with Crippen LogP contribution < -0.4 is 0 Å². The number of hydrogen-bond acceptors (Lipinski definition) is 2. The standard InChI is InChI=1S/C9H2ClF5N2/c10-7-6-4(12)1-3(11)2-5(6)16-8(17-7)9(13,14)15/h1-2H. The van der Waals surface area contributed by atoms with E-state index in [9.17, 15) is 22.0 Å². The molecule has 0 fully saturated rings. The molecular formula is C9H2ClF5N2. The summed E-state index contributed by atoms with van der Waals surface area (Å²) < 4.78 is 63.1. The zero-order valence-electron chi connectivity index (χ0n) is 7.82. The summed E-state index contributed by atoms with van der Waals surface area (Å²) in [4.78, 5) is 5.96. The predicted octanol–water partition coefficient (Wildman–Crippen LogP) is 3.58. The number of hydrogen-bond donors (Lipinski definition) is 0. The van der Waals surface area contributed by atoms with Gasteiger partial charge in [0.15, 0.2) is 0 Å². The zero-order valence-corrected chi connectivity index (χ0v) is 8.57. The lowest BCUT2D eigenvalue weighted by atomic mass is 10.2. The second-order valence-corrected chi connectivity index (χ2v) is 3.48. The molecule has 0 aliphatic rings. The van der Waals surface area contributed by atoms with Gasteiger partial charge in [-0.1, -0.05) is 11.6 Å². The molecule has 90 valence electrons. The Hall–Kier alpha value is -1.50. The van der Waals surface area contributed by atoms with Gasteiger partial charge in [0, 0.05) is 12.1 Å². The van der Waals surface area contributed by atoms with E-state index in [-0.39, 0.29) is 0 Å². The van der Waals surface area contributed by atoms with Gasteiger partial charge in [-0.05, 0) is 0 Å².